The van der Waals surface area contributed by atoms with E-state index in [1.807, 2.05) is 54.6 Å². The number of hydrogen-bond donors (Lipinski definition) is 1. The van der Waals surface area contributed by atoms with E-state index in [2.05, 4.69) is 36.5 Å². The molecular weight excluding hydrogens is 354 g/mol. The molecule has 0 radical (unpaired) electrons. The summed E-state index contributed by atoms with van der Waals surface area (Å²) in [5.41, 5.74) is 3.13. The summed E-state index contributed by atoms with van der Waals surface area (Å²) in [5, 5.41) is 2.88. The van der Waals surface area contributed by atoms with E-state index in [-0.39, 0.29) is 5.91 Å². The van der Waals surface area contributed by atoms with E-state index < -0.39 is 0 Å². The van der Waals surface area contributed by atoms with E-state index in [1.54, 1.807) is 11.8 Å². The second-order valence-electron chi connectivity index (χ2n) is 6.22. The minimum atomic E-state index is -0.0793. The summed E-state index contributed by atoms with van der Waals surface area (Å²) in [6.45, 7) is 3.01. The molecule has 0 aliphatic heterocycles. The van der Waals surface area contributed by atoms with E-state index in [9.17, 15) is 4.79 Å². The number of para-hydroxylation sites is 1. The fraction of sp³-hybridized carbons (Fsp3) is 0.174. The zero-order valence-corrected chi connectivity index (χ0v) is 16.2. The first-order valence-corrected chi connectivity index (χ1v) is 9.94. The third kappa shape index (κ3) is 6.19. The molecule has 3 nitrogen and oxygen atoms in total. The molecule has 0 atom stereocenters. The molecule has 0 aromatic heterocycles. The number of nitrogens with one attached hydrogen (secondary N) is 1. The molecule has 4 heteroatoms. The Morgan fingerprint density at radius 3 is 2.33 bits per heavy atom. The number of benzene rings is 3. The lowest BCUT2D eigenvalue weighted by atomic mass is 10.1. The monoisotopic (exact) mass is 377 g/mol. The fourth-order valence-electron chi connectivity index (χ4n) is 2.51. The molecule has 1 amide bonds. The number of thioether (sulfide) groups is 1. The van der Waals surface area contributed by atoms with Crippen LogP contribution in [0.5, 0.6) is 5.75 Å². The minimum Gasteiger partial charge on any atom is -0.492 e. The minimum absolute atomic E-state index is 0.0793. The van der Waals surface area contributed by atoms with Crippen LogP contribution in [0.25, 0.3) is 0 Å². The Balaban J connectivity index is 1.42. The molecule has 138 valence electrons. The lowest BCUT2D eigenvalue weighted by Crippen LogP contribution is -2.28. The van der Waals surface area contributed by atoms with Crippen molar-refractivity contribution in [3.8, 4) is 5.75 Å². The Hall–Kier alpha value is -2.72. The molecule has 0 fully saturated rings. The van der Waals surface area contributed by atoms with Crippen LogP contribution in [0.1, 0.15) is 21.5 Å². The molecule has 27 heavy (non-hydrogen) atoms. The third-order valence-electron chi connectivity index (χ3n) is 4.04. The summed E-state index contributed by atoms with van der Waals surface area (Å²) < 4.78 is 5.58. The predicted molar refractivity (Wildman–Crippen MR) is 111 cm³/mol. The Morgan fingerprint density at radius 1 is 0.926 bits per heavy atom. The van der Waals surface area contributed by atoms with Gasteiger partial charge in [0.15, 0.2) is 0 Å². The van der Waals surface area contributed by atoms with Crippen molar-refractivity contribution in [3.63, 3.8) is 0 Å². The lowest BCUT2D eigenvalue weighted by molar-refractivity contribution is 0.0947. The average Bonchev–Trinajstić information content (AvgIpc) is 2.72. The molecule has 0 saturated heterocycles. The second kappa shape index (κ2) is 9.83. The molecule has 0 aliphatic rings. The highest BCUT2D eigenvalue weighted by Gasteiger charge is 2.05. The summed E-state index contributed by atoms with van der Waals surface area (Å²) in [5.74, 6) is 1.61. The van der Waals surface area contributed by atoms with Gasteiger partial charge in [0.2, 0.25) is 0 Å². The highest BCUT2D eigenvalue weighted by Crippen LogP contribution is 2.23. The van der Waals surface area contributed by atoms with Crippen molar-refractivity contribution in [2.75, 3.05) is 13.2 Å². The van der Waals surface area contributed by atoms with Crippen LogP contribution in [-0.4, -0.2) is 19.1 Å². The Kier molecular flexibility index (Phi) is 6.94. The maximum atomic E-state index is 12.2. The normalized spacial score (nSPS) is 10.4. The van der Waals surface area contributed by atoms with Gasteiger partial charge in [-0.1, -0.05) is 48.0 Å². The van der Waals surface area contributed by atoms with Gasteiger partial charge < -0.3 is 10.1 Å². The molecule has 3 aromatic rings. The third-order valence-corrected chi connectivity index (χ3v) is 5.13. The quantitative estimate of drug-likeness (QED) is 0.439. The standard InChI is InChI=1S/C23H23NO2S/c1-18-7-13-22(14-8-18)27-17-19-9-11-20(12-10-19)23(25)24-15-16-26-21-5-3-2-4-6-21/h2-14H,15-17H2,1H3,(H,24,25). The van der Waals surface area contributed by atoms with Gasteiger partial charge in [0.25, 0.3) is 5.91 Å². The van der Waals surface area contributed by atoms with E-state index in [0.29, 0.717) is 18.7 Å². The molecule has 0 aliphatic carbocycles. The Bertz CT molecular complexity index is 846. The Morgan fingerprint density at radius 2 is 1.63 bits per heavy atom. The van der Waals surface area contributed by atoms with Crippen LogP contribution in [0.4, 0.5) is 0 Å². The van der Waals surface area contributed by atoms with Crippen LogP contribution in [0.2, 0.25) is 0 Å². The molecule has 3 rings (SSSR count). The topological polar surface area (TPSA) is 38.3 Å². The van der Waals surface area contributed by atoms with Gasteiger partial charge in [-0.25, -0.2) is 0 Å². The SMILES string of the molecule is Cc1ccc(SCc2ccc(C(=O)NCCOc3ccccc3)cc2)cc1. The number of rotatable bonds is 8. The summed E-state index contributed by atoms with van der Waals surface area (Å²) in [7, 11) is 0. The highest BCUT2D eigenvalue weighted by molar-refractivity contribution is 7.98. The molecule has 3 aromatic carbocycles. The van der Waals surface area contributed by atoms with Crippen molar-refractivity contribution in [2.24, 2.45) is 0 Å². The number of aryl methyl sites for hydroxylation is 1. The van der Waals surface area contributed by atoms with Crippen molar-refractivity contribution in [3.05, 3.63) is 95.6 Å². The van der Waals surface area contributed by atoms with Crippen molar-refractivity contribution in [1.82, 2.24) is 5.32 Å². The van der Waals surface area contributed by atoms with Crippen LogP contribution in [0.15, 0.2) is 83.8 Å². The van der Waals surface area contributed by atoms with Gasteiger partial charge in [0.05, 0.1) is 6.54 Å². The second-order valence-corrected chi connectivity index (χ2v) is 7.26. The summed E-state index contributed by atoms with van der Waals surface area (Å²) in [4.78, 5) is 13.5. The van der Waals surface area contributed by atoms with Gasteiger partial charge in [-0.15, -0.1) is 11.8 Å². The van der Waals surface area contributed by atoms with Crippen molar-refractivity contribution in [1.29, 1.82) is 0 Å². The number of amides is 1. The first-order valence-electron chi connectivity index (χ1n) is 8.95. The lowest BCUT2D eigenvalue weighted by Gasteiger charge is -2.08. The van der Waals surface area contributed by atoms with Crippen LogP contribution < -0.4 is 10.1 Å². The van der Waals surface area contributed by atoms with Crippen LogP contribution >= 0.6 is 11.8 Å². The van der Waals surface area contributed by atoms with Gasteiger partial charge in [-0.3, -0.25) is 4.79 Å². The summed E-state index contributed by atoms with van der Waals surface area (Å²) >= 11 is 1.79. The predicted octanol–water partition coefficient (Wildman–Crippen LogP) is 5.10. The maximum absolute atomic E-state index is 12.2. The highest BCUT2D eigenvalue weighted by atomic mass is 32.2. The van der Waals surface area contributed by atoms with Crippen LogP contribution in [-0.2, 0) is 5.75 Å². The first-order chi connectivity index (χ1) is 13.2. The van der Waals surface area contributed by atoms with Crippen molar-refractivity contribution in [2.45, 2.75) is 17.6 Å². The van der Waals surface area contributed by atoms with Crippen molar-refractivity contribution < 1.29 is 9.53 Å². The average molecular weight is 378 g/mol. The molecular formula is C23H23NO2S. The summed E-state index contributed by atoms with van der Waals surface area (Å²) in [6.07, 6.45) is 0. The van der Waals surface area contributed by atoms with Crippen LogP contribution in [0.3, 0.4) is 0 Å². The zero-order chi connectivity index (χ0) is 18.9. The molecule has 0 spiro atoms. The largest absolute Gasteiger partial charge is 0.492 e. The van der Waals surface area contributed by atoms with Gasteiger partial charge in [-0.2, -0.15) is 0 Å². The smallest absolute Gasteiger partial charge is 0.251 e. The fourth-order valence-corrected chi connectivity index (χ4v) is 3.36. The first kappa shape index (κ1) is 19.1. The number of carbonyl (C=O) groups is 1. The molecule has 0 heterocycles. The number of carbonyl (C=O) groups excluding carboxylic acids is 1. The van der Waals surface area contributed by atoms with Gasteiger partial charge in [0.1, 0.15) is 12.4 Å². The molecule has 0 bridgehead atoms. The van der Waals surface area contributed by atoms with Gasteiger partial charge in [0, 0.05) is 16.2 Å². The van der Waals surface area contributed by atoms with E-state index in [0.717, 1.165) is 11.5 Å². The van der Waals surface area contributed by atoms with Gasteiger partial charge >= 0.3 is 0 Å². The maximum Gasteiger partial charge on any atom is 0.251 e. The van der Waals surface area contributed by atoms with Crippen LogP contribution in [0, 0.1) is 6.92 Å². The number of ether oxygens (including phenoxy) is 1. The van der Waals surface area contributed by atoms with Gasteiger partial charge in [-0.05, 0) is 48.9 Å². The van der Waals surface area contributed by atoms with E-state index in [1.165, 1.54) is 16.0 Å². The Labute approximate surface area is 164 Å². The molecule has 0 saturated carbocycles. The van der Waals surface area contributed by atoms with Crippen molar-refractivity contribution >= 4 is 17.7 Å². The van der Waals surface area contributed by atoms with E-state index in [4.69, 9.17) is 4.74 Å². The number of hydrogen-bond acceptors (Lipinski definition) is 3. The molecule has 0 unspecified atom stereocenters. The molecule has 1 N–H and O–H groups in total. The summed E-state index contributed by atoms with van der Waals surface area (Å²) in [6, 6.07) is 25.9. The zero-order valence-electron chi connectivity index (χ0n) is 15.4. The van der Waals surface area contributed by atoms with E-state index >= 15 is 0 Å².